The van der Waals surface area contributed by atoms with Crippen molar-refractivity contribution in [2.45, 2.75) is 0 Å². The van der Waals surface area contributed by atoms with E-state index in [0.717, 1.165) is 16.7 Å². The number of methoxy groups -OCH3 is 2. The molecule has 2 aromatic rings. The number of ketones is 1. The summed E-state index contributed by atoms with van der Waals surface area (Å²) in [6.07, 6.45) is 1.56. The van der Waals surface area contributed by atoms with E-state index in [-0.39, 0.29) is 17.2 Å². The van der Waals surface area contributed by atoms with Crippen LogP contribution < -0.4 is 9.47 Å². The van der Waals surface area contributed by atoms with E-state index in [2.05, 4.69) is 15.9 Å². The van der Waals surface area contributed by atoms with Crippen molar-refractivity contribution in [1.29, 1.82) is 0 Å². The van der Waals surface area contributed by atoms with E-state index < -0.39 is 11.1 Å². The van der Waals surface area contributed by atoms with Gasteiger partial charge in [-0.2, -0.15) is 0 Å². The number of rotatable bonds is 6. The lowest BCUT2D eigenvalue weighted by Crippen LogP contribution is -2.33. The van der Waals surface area contributed by atoms with Gasteiger partial charge < -0.3 is 9.47 Å². The first-order valence-electron chi connectivity index (χ1n) is 8.29. The van der Waals surface area contributed by atoms with Gasteiger partial charge in [-0.25, -0.2) is 0 Å². The third kappa shape index (κ3) is 4.66. The van der Waals surface area contributed by atoms with Crippen LogP contribution >= 0.6 is 39.3 Å². The molecule has 1 heterocycles. The highest BCUT2D eigenvalue weighted by Crippen LogP contribution is 2.37. The number of Topliss-reactive ketones (excluding diaryl/α,β-unsaturated/α-hetero) is 1. The van der Waals surface area contributed by atoms with E-state index >= 15 is 0 Å². The van der Waals surface area contributed by atoms with Crippen LogP contribution in [0, 0.1) is 0 Å². The van der Waals surface area contributed by atoms with Crippen LogP contribution in [-0.2, 0) is 4.79 Å². The van der Waals surface area contributed by atoms with Crippen LogP contribution in [0.25, 0.3) is 6.08 Å². The van der Waals surface area contributed by atoms with Crippen molar-refractivity contribution >= 4 is 62.3 Å². The molecule has 1 aliphatic heterocycles. The van der Waals surface area contributed by atoms with Gasteiger partial charge in [0.15, 0.2) is 5.78 Å². The third-order valence-corrected chi connectivity index (χ3v) is 5.91. The highest BCUT2D eigenvalue weighted by atomic mass is 79.9. The standard InChI is InChI=1S/C20H15BrClNO5S/c1-27-16-9-17(28-2)14(21)7-12(16)8-18-19(25)23(20(26)29-18)10-15(24)11-3-5-13(22)6-4-11/h3-9H,10H2,1-2H3. The second-order valence-corrected chi connectivity index (χ2v) is 8.21. The molecule has 0 atom stereocenters. The van der Waals surface area contributed by atoms with Gasteiger partial charge in [-0.3, -0.25) is 19.3 Å². The van der Waals surface area contributed by atoms with Gasteiger partial charge in [-0.15, -0.1) is 0 Å². The van der Waals surface area contributed by atoms with E-state index in [4.69, 9.17) is 21.1 Å². The zero-order valence-electron chi connectivity index (χ0n) is 15.4. The second kappa shape index (κ2) is 9.02. The van der Waals surface area contributed by atoms with Crippen molar-refractivity contribution in [3.63, 3.8) is 0 Å². The molecule has 3 rings (SSSR count). The van der Waals surface area contributed by atoms with Crippen LogP contribution in [0.5, 0.6) is 11.5 Å². The van der Waals surface area contributed by atoms with Gasteiger partial charge in [0.25, 0.3) is 11.1 Å². The highest BCUT2D eigenvalue weighted by molar-refractivity contribution is 9.10. The minimum atomic E-state index is -0.531. The van der Waals surface area contributed by atoms with Gasteiger partial charge >= 0.3 is 0 Å². The lowest BCUT2D eigenvalue weighted by Gasteiger charge is -2.12. The summed E-state index contributed by atoms with van der Waals surface area (Å²) in [6, 6.07) is 9.67. The molecule has 2 amide bonds. The quantitative estimate of drug-likeness (QED) is 0.412. The molecule has 150 valence electrons. The third-order valence-electron chi connectivity index (χ3n) is 4.13. The Hall–Kier alpha value is -2.29. The van der Waals surface area contributed by atoms with Crippen molar-refractivity contribution in [1.82, 2.24) is 4.90 Å². The van der Waals surface area contributed by atoms with Gasteiger partial charge in [-0.1, -0.05) is 11.6 Å². The second-order valence-electron chi connectivity index (χ2n) is 5.93. The fraction of sp³-hybridized carbons (Fsp3) is 0.150. The maximum Gasteiger partial charge on any atom is 0.293 e. The Kier molecular flexibility index (Phi) is 6.66. The van der Waals surface area contributed by atoms with Crippen molar-refractivity contribution < 1.29 is 23.9 Å². The predicted molar refractivity (Wildman–Crippen MR) is 116 cm³/mol. The number of halogens is 2. The smallest absolute Gasteiger partial charge is 0.293 e. The Labute approximate surface area is 184 Å². The fourth-order valence-corrected chi connectivity index (χ4v) is 4.12. The van der Waals surface area contributed by atoms with Gasteiger partial charge in [0.1, 0.15) is 11.5 Å². The molecule has 0 radical (unpaired) electrons. The van der Waals surface area contributed by atoms with Crippen molar-refractivity contribution in [3.05, 3.63) is 61.9 Å². The molecule has 6 nitrogen and oxygen atoms in total. The molecule has 1 saturated heterocycles. The average molecular weight is 497 g/mol. The van der Waals surface area contributed by atoms with Gasteiger partial charge in [0.2, 0.25) is 0 Å². The summed E-state index contributed by atoms with van der Waals surface area (Å²) in [5, 5.41) is -0.00893. The molecule has 0 N–H and O–H groups in total. The largest absolute Gasteiger partial charge is 0.496 e. The Morgan fingerprint density at radius 1 is 1.14 bits per heavy atom. The average Bonchev–Trinajstić information content (AvgIpc) is 2.96. The minimum absolute atomic E-state index is 0.203. The first kappa shape index (κ1) is 21.4. The minimum Gasteiger partial charge on any atom is -0.496 e. The van der Waals surface area contributed by atoms with Crippen molar-refractivity contribution in [3.8, 4) is 11.5 Å². The molecule has 0 bridgehead atoms. The van der Waals surface area contributed by atoms with E-state index in [1.165, 1.54) is 14.2 Å². The SMILES string of the molecule is COc1cc(OC)c(C=C2SC(=O)N(CC(=O)c3ccc(Cl)cc3)C2=O)cc1Br. The zero-order chi connectivity index (χ0) is 21.1. The summed E-state index contributed by atoms with van der Waals surface area (Å²) < 4.78 is 11.2. The molecule has 9 heteroatoms. The number of carbonyl (C=O) groups is 3. The van der Waals surface area contributed by atoms with E-state index in [1.54, 1.807) is 42.5 Å². The molecule has 0 spiro atoms. The number of benzene rings is 2. The first-order chi connectivity index (χ1) is 13.8. The monoisotopic (exact) mass is 495 g/mol. The van der Waals surface area contributed by atoms with Gasteiger partial charge in [0.05, 0.1) is 30.1 Å². The fourth-order valence-electron chi connectivity index (χ4n) is 2.64. The highest BCUT2D eigenvalue weighted by Gasteiger charge is 2.36. The molecule has 0 unspecified atom stereocenters. The number of imide groups is 1. The Morgan fingerprint density at radius 3 is 2.41 bits per heavy atom. The molecule has 0 aliphatic carbocycles. The molecule has 29 heavy (non-hydrogen) atoms. The Morgan fingerprint density at radius 2 is 1.79 bits per heavy atom. The van der Waals surface area contributed by atoms with E-state index in [0.29, 0.717) is 32.1 Å². The molecular formula is C20H15BrClNO5S. The maximum atomic E-state index is 12.7. The van der Waals surface area contributed by atoms with Crippen LogP contribution in [0.2, 0.25) is 5.02 Å². The molecule has 0 aromatic heterocycles. The number of nitrogens with zero attached hydrogens (tertiary/aromatic N) is 1. The summed E-state index contributed by atoms with van der Waals surface area (Å²) in [7, 11) is 3.03. The summed E-state index contributed by atoms with van der Waals surface area (Å²) in [4.78, 5) is 38.6. The lowest BCUT2D eigenvalue weighted by atomic mass is 10.1. The summed E-state index contributed by atoms with van der Waals surface area (Å²) in [5.41, 5.74) is 0.966. The topological polar surface area (TPSA) is 72.9 Å². The van der Waals surface area contributed by atoms with E-state index in [1.807, 2.05) is 0 Å². The summed E-state index contributed by atoms with van der Waals surface area (Å²) in [5.74, 6) is 0.168. The molecule has 1 fully saturated rings. The van der Waals surface area contributed by atoms with E-state index in [9.17, 15) is 14.4 Å². The summed E-state index contributed by atoms with van der Waals surface area (Å²) >= 11 is 9.99. The van der Waals surface area contributed by atoms with Crippen LogP contribution in [0.3, 0.4) is 0 Å². The lowest BCUT2D eigenvalue weighted by molar-refractivity contribution is -0.122. The Bertz CT molecular complexity index is 1020. The number of hydrogen-bond acceptors (Lipinski definition) is 6. The molecular weight excluding hydrogens is 482 g/mol. The number of hydrogen-bond donors (Lipinski definition) is 0. The first-order valence-corrected chi connectivity index (χ1v) is 10.3. The zero-order valence-corrected chi connectivity index (χ0v) is 18.6. The predicted octanol–water partition coefficient (Wildman–Crippen LogP) is 5.04. The van der Waals surface area contributed by atoms with Crippen LogP contribution in [-0.4, -0.2) is 42.6 Å². The molecule has 1 aliphatic rings. The Balaban J connectivity index is 1.84. The normalized spacial score (nSPS) is 15.2. The number of thioether (sulfide) groups is 1. The van der Waals surface area contributed by atoms with Crippen molar-refractivity contribution in [2.75, 3.05) is 20.8 Å². The van der Waals surface area contributed by atoms with Crippen LogP contribution in [0.1, 0.15) is 15.9 Å². The van der Waals surface area contributed by atoms with Crippen molar-refractivity contribution in [2.24, 2.45) is 0 Å². The van der Waals surface area contributed by atoms with Crippen LogP contribution in [0.4, 0.5) is 4.79 Å². The van der Waals surface area contributed by atoms with Crippen LogP contribution in [0.15, 0.2) is 45.8 Å². The molecule has 0 saturated carbocycles. The molecule has 2 aromatic carbocycles. The van der Waals surface area contributed by atoms with Gasteiger partial charge in [0, 0.05) is 22.2 Å². The van der Waals surface area contributed by atoms with Gasteiger partial charge in [-0.05, 0) is 64.1 Å². The number of amides is 2. The number of ether oxygens (including phenoxy) is 2. The maximum absolute atomic E-state index is 12.7. The number of carbonyl (C=O) groups excluding carboxylic acids is 3. The summed E-state index contributed by atoms with van der Waals surface area (Å²) in [6.45, 7) is -0.340.